The minimum Gasteiger partial charge on any atom is -0.439 e. The van der Waals surface area contributed by atoms with Gasteiger partial charge < -0.3 is 9.64 Å². The van der Waals surface area contributed by atoms with Crippen LogP contribution in [0.4, 0.5) is 0 Å². The molecule has 27 heavy (non-hydrogen) atoms. The van der Waals surface area contributed by atoms with Crippen molar-refractivity contribution in [3.8, 4) is 11.6 Å². The first-order valence-electron chi connectivity index (χ1n) is 8.90. The van der Waals surface area contributed by atoms with Crippen LogP contribution in [-0.4, -0.2) is 32.3 Å². The smallest absolute Gasteiger partial charge is 0.273 e. The molecule has 0 N–H and O–H groups in total. The predicted molar refractivity (Wildman–Crippen MR) is 103 cm³/mol. The van der Waals surface area contributed by atoms with Gasteiger partial charge in [-0.3, -0.25) is 4.79 Å². The normalized spacial score (nSPS) is 16.5. The highest BCUT2D eigenvalue weighted by Crippen LogP contribution is 2.33. The Morgan fingerprint density at radius 3 is 2.89 bits per heavy atom. The van der Waals surface area contributed by atoms with Crippen molar-refractivity contribution in [2.45, 2.75) is 32.7 Å². The number of para-hydroxylation sites is 1. The van der Waals surface area contributed by atoms with Crippen LogP contribution in [0.25, 0.3) is 0 Å². The molecule has 2 aromatic heterocycles. The quantitative estimate of drug-likeness (QED) is 0.674. The SMILES string of the molecule is Cc1cc(Oc2ccccc2C)nc([C@H]2CCCN2C(=O)c2cscn2)n1. The summed E-state index contributed by atoms with van der Waals surface area (Å²) in [6, 6.07) is 9.48. The topological polar surface area (TPSA) is 68.2 Å². The van der Waals surface area contributed by atoms with Crippen molar-refractivity contribution in [2.24, 2.45) is 0 Å². The van der Waals surface area contributed by atoms with Gasteiger partial charge in [-0.2, -0.15) is 4.98 Å². The van der Waals surface area contributed by atoms with Gasteiger partial charge in [0.1, 0.15) is 11.4 Å². The first-order chi connectivity index (χ1) is 13.1. The van der Waals surface area contributed by atoms with Gasteiger partial charge in [0, 0.05) is 23.7 Å². The number of hydrogen-bond donors (Lipinski definition) is 0. The van der Waals surface area contributed by atoms with Crippen molar-refractivity contribution in [1.82, 2.24) is 19.9 Å². The maximum absolute atomic E-state index is 12.8. The number of ether oxygens (including phenoxy) is 1. The Hall–Kier alpha value is -2.80. The van der Waals surface area contributed by atoms with Crippen LogP contribution in [0.5, 0.6) is 11.6 Å². The van der Waals surface area contributed by atoms with Gasteiger partial charge in [0.2, 0.25) is 5.88 Å². The lowest BCUT2D eigenvalue weighted by Crippen LogP contribution is -2.31. The van der Waals surface area contributed by atoms with E-state index < -0.39 is 0 Å². The van der Waals surface area contributed by atoms with Gasteiger partial charge in [-0.1, -0.05) is 18.2 Å². The molecule has 1 aromatic carbocycles. The van der Waals surface area contributed by atoms with Crippen LogP contribution in [0.1, 0.15) is 46.5 Å². The number of nitrogens with zero attached hydrogens (tertiary/aromatic N) is 4. The van der Waals surface area contributed by atoms with E-state index in [0.29, 0.717) is 23.9 Å². The number of benzene rings is 1. The first-order valence-corrected chi connectivity index (χ1v) is 9.84. The Morgan fingerprint density at radius 1 is 1.26 bits per heavy atom. The van der Waals surface area contributed by atoms with Crippen molar-refractivity contribution in [3.05, 3.63) is 64.0 Å². The second-order valence-corrected chi connectivity index (χ2v) is 7.32. The van der Waals surface area contributed by atoms with Crippen molar-refractivity contribution in [3.63, 3.8) is 0 Å². The average Bonchev–Trinajstić information content (AvgIpc) is 3.35. The van der Waals surface area contributed by atoms with Gasteiger partial charge in [0.05, 0.1) is 11.6 Å². The molecule has 0 spiro atoms. The molecule has 6 nitrogen and oxygen atoms in total. The molecule has 0 unspecified atom stereocenters. The zero-order valence-corrected chi connectivity index (χ0v) is 16.1. The van der Waals surface area contributed by atoms with Crippen LogP contribution < -0.4 is 4.74 Å². The summed E-state index contributed by atoms with van der Waals surface area (Å²) < 4.78 is 5.99. The van der Waals surface area contributed by atoms with E-state index in [1.807, 2.05) is 49.1 Å². The third-order valence-electron chi connectivity index (χ3n) is 4.62. The fourth-order valence-electron chi connectivity index (χ4n) is 3.29. The number of thiazole rings is 1. The number of aromatic nitrogens is 3. The number of carbonyl (C=O) groups is 1. The highest BCUT2D eigenvalue weighted by molar-refractivity contribution is 7.07. The summed E-state index contributed by atoms with van der Waals surface area (Å²) in [7, 11) is 0. The molecule has 3 aromatic rings. The molecule has 1 aliphatic heterocycles. The van der Waals surface area contributed by atoms with Gasteiger partial charge >= 0.3 is 0 Å². The number of rotatable bonds is 4. The Kier molecular flexibility index (Phi) is 4.85. The molecule has 0 radical (unpaired) electrons. The predicted octanol–water partition coefficient (Wildman–Crippen LogP) is 4.32. The van der Waals surface area contributed by atoms with Crippen LogP contribution in [0.2, 0.25) is 0 Å². The van der Waals surface area contributed by atoms with Crippen LogP contribution in [0, 0.1) is 13.8 Å². The second-order valence-electron chi connectivity index (χ2n) is 6.60. The molecular formula is C20H20N4O2S. The summed E-state index contributed by atoms with van der Waals surface area (Å²) in [4.78, 5) is 28.0. The second kappa shape index (κ2) is 7.44. The number of amides is 1. The minimum atomic E-state index is -0.154. The monoisotopic (exact) mass is 380 g/mol. The molecule has 1 fully saturated rings. The maximum Gasteiger partial charge on any atom is 0.273 e. The lowest BCUT2D eigenvalue weighted by molar-refractivity contribution is 0.0724. The summed E-state index contributed by atoms with van der Waals surface area (Å²) >= 11 is 1.42. The van der Waals surface area contributed by atoms with Gasteiger partial charge in [-0.25, -0.2) is 9.97 Å². The van der Waals surface area contributed by atoms with Crippen molar-refractivity contribution in [2.75, 3.05) is 6.54 Å². The third-order valence-corrected chi connectivity index (χ3v) is 5.21. The molecule has 0 bridgehead atoms. The van der Waals surface area contributed by atoms with Crippen LogP contribution in [-0.2, 0) is 0 Å². The van der Waals surface area contributed by atoms with E-state index in [0.717, 1.165) is 29.8 Å². The third kappa shape index (κ3) is 3.68. The zero-order valence-electron chi connectivity index (χ0n) is 15.3. The number of hydrogen-bond acceptors (Lipinski definition) is 6. The summed E-state index contributed by atoms with van der Waals surface area (Å²) in [6.45, 7) is 4.60. The van der Waals surface area contributed by atoms with E-state index in [1.165, 1.54) is 11.3 Å². The molecule has 1 saturated heterocycles. The van der Waals surface area contributed by atoms with Crippen molar-refractivity contribution >= 4 is 17.2 Å². The molecule has 3 heterocycles. The molecule has 1 aliphatic rings. The summed E-state index contributed by atoms with van der Waals surface area (Å²) in [6.07, 6.45) is 1.76. The van der Waals surface area contributed by atoms with Crippen molar-refractivity contribution in [1.29, 1.82) is 0 Å². The Morgan fingerprint density at radius 2 is 2.11 bits per heavy atom. The summed E-state index contributed by atoms with van der Waals surface area (Å²) in [5.41, 5.74) is 4.01. The molecule has 0 saturated carbocycles. The molecule has 1 amide bonds. The zero-order chi connectivity index (χ0) is 18.8. The Bertz CT molecular complexity index is 958. The molecule has 7 heteroatoms. The first kappa shape index (κ1) is 17.6. The lowest BCUT2D eigenvalue weighted by Gasteiger charge is -2.23. The van der Waals surface area contributed by atoms with E-state index in [9.17, 15) is 4.79 Å². The maximum atomic E-state index is 12.8. The summed E-state index contributed by atoms with van der Waals surface area (Å²) in [5.74, 6) is 1.83. The van der Waals surface area contributed by atoms with Gasteiger partial charge in [-0.05, 0) is 38.3 Å². The lowest BCUT2D eigenvalue weighted by atomic mass is 10.2. The van der Waals surface area contributed by atoms with Crippen LogP contribution >= 0.6 is 11.3 Å². The van der Waals surface area contributed by atoms with Gasteiger partial charge in [-0.15, -0.1) is 11.3 Å². The molecule has 4 rings (SSSR count). The van der Waals surface area contributed by atoms with Crippen LogP contribution in [0.3, 0.4) is 0 Å². The van der Waals surface area contributed by atoms with E-state index >= 15 is 0 Å². The van der Waals surface area contributed by atoms with E-state index in [-0.39, 0.29) is 11.9 Å². The van der Waals surface area contributed by atoms with Gasteiger partial charge in [0.25, 0.3) is 5.91 Å². The Labute approximate surface area is 161 Å². The number of carbonyl (C=O) groups excluding carboxylic acids is 1. The average molecular weight is 380 g/mol. The standard InChI is InChI=1S/C20H20N4O2S/c1-13-6-3-4-8-17(13)26-18-10-14(2)22-19(23-18)16-7-5-9-24(16)20(25)15-11-27-12-21-15/h3-4,6,8,10-12,16H,5,7,9H2,1-2H3/t16-/m1/s1. The highest BCUT2D eigenvalue weighted by atomic mass is 32.1. The van der Waals surface area contributed by atoms with Crippen molar-refractivity contribution < 1.29 is 9.53 Å². The molecule has 0 aliphatic carbocycles. The molecule has 1 atom stereocenters. The Balaban J connectivity index is 1.62. The van der Waals surface area contributed by atoms with E-state index in [2.05, 4.69) is 15.0 Å². The largest absolute Gasteiger partial charge is 0.439 e. The van der Waals surface area contributed by atoms with E-state index in [1.54, 1.807) is 10.9 Å². The highest BCUT2D eigenvalue weighted by Gasteiger charge is 2.33. The fraction of sp³-hybridized carbons (Fsp3) is 0.300. The number of likely N-dealkylation sites (tertiary alicyclic amines) is 1. The van der Waals surface area contributed by atoms with Crippen LogP contribution in [0.15, 0.2) is 41.2 Å². The fourth-order valence-corrected chi connectivity index (χ4v) is 3.82. The molecule has 138 valence electrons. The minimum absolute atomic E-state index is 0.0646. The number of aryl methyl sites for hydroxylation is 2. The molecular weight excluding hydrogens is 360 g/mol. The van der Waals surface area contributed by atoms with E-state index in [4.69, 9.17) is 4.74 Å². The van der Waals surface area contributed by atoms with Gasteiger partial charge in [0.15, 0.2) is 5.82 Å². The summed E-state index contributed by atoms with van der Waals surface area (Å²) in [5, 5.41) is 1.78.